The van der Waals surface area contributed by atoms with Crippen molar-refractivity contribution in [3.63, 3.8) is 0 Å². The lowest BCUT2D eigenvalue weighted by Crippen LogP contribution is -1.83. The van der Waals surface area contributed by atoms with Crippen LogP contribution in [0.5, 0.6) is 0 Å². The molecule has 0 aromatic rings. The monoisotopic (exact) mass is 414 g/mol. The zero-order valence-electron chi connectivity index (χ0n) is 18.3. The molecule has 0 amide bonds. The van der Waals surface area contributed by atoms with Crippen LogP contribution in [-0.4, -0.2) is 0 Å². The third kappa shape index (κ3) is 12.4. The molecule has 0 fully saturated rings. The van der Waals surface area contributed by atoms with Crippen LogP contribution in [0, 0.1) is 0 Å². The first-order valence-electron chi connectivity index (χ1n) is 10.7. The van der Waals surface area contributed by atoms with E-state index in [2.05, 4.69) is 48.6 Å². The zero-order chi connectivity index (χ0) is 22.4. The minimum Gasteiger partial charge on any atom is -0.0623 e. The van der Waals surface area contributed by atoms with Gasteiger partial charge in [0, 0.05) is 0 Å². The Labute approximate surface area is 193 Å². The molecule has 0 aliphatic heterocycles. The minimum atomic E-state index is 1.11. The Morgan fingerprint density at radius 1 is 0.188 bits per heavy atom. The van der Waals surface area contributed by atoms with Crippen molar-refractivity contribution in [1.82, 2.24) is 0 Å². The number of allylic oxidation sites excluding steroid dienone is 32. The lowest BCUT2D eigenvalue weighted by Gasteiger charge is -2.02. The topological polar surface area (TPSA) is 0 Å². The fraction of sp³-hybridized carbons (Fsp3) is 0. The third-order valence-electron chi connectivity index (χ3n) is 4.10. The van der Waals surface area contributed by atoms with Gasteiger partial charge in [-0.25, -0.2) is 0 Å². The van der Waals surface area contributed by atoms with Gasteiger partial charge in [-0.2, -0.15) is 0 Å². The highest BCUT2D eigenvalue weighted by Gasteiger charge is 1.96. The van der Waals surface area contributed by atoms with Gasteiger partial charge >= 0.3 is 0 Å². The summed E-state index contributed by atoms with van der Waals surface area (Å²) < 4.78 is 0. The van der Waals surface area contributed by atoms with Crippen LogP contribution >= 0.6 is 0 Å². The van der Waals surface area contributed by atoms with Gasteiger partial charge in [0.05, 0.1) is 0 Å². The van der Waals surface area contributed by atoms with E-state index in [4.69, 9.17) is 0 Å². The van der Waals surface area contributed by atoms with E-state index in [1.165, 1.54) is 0 Å². The molecule has 0 saturated carbocycles. The maximum atomic E-state index is 2.12. The lowest BCUT2D eigenvalue weighted by molar-refractivity contribution is 1.53. The summed E-state index contributed by atoms with van der Waals surface area (Å²) in [6, 6.07) is 0. The van der Waals surface area contributed by atoms with Crippen LogP contribution in [0.2, 0.25) is 0 Å². The van der Waals surface area contributed by atoms with Crippen LogP contribution in [0.15, 0.2) is 193 Å². The van der Waals surface area contributed by atoms with Gasteiger partial charge in [-0.1, -0.05) is 182 Å². The maximum Gasteiger partial charge on any atom is -0.0184 e. The quantitative estimate of drug-likeness (QED) is 0.372. The normalized spacial score (nSPS) is 17.2. The van der Waals surface area contributed by atoms with Crippen molar-refractivity contribution >= 4 is 0 Å². The summed E-state index contributed by atoms with van der Waals surface area (Å²) in [5.74, 6) is 0. The molecule has 0 radical (unpaired) electrons. The van der Waals surface area contributed by atoms with Crippen LogP contribution in [0.1, 0.15) is 0 Å². The molecule has 2 aliphatic carbocycles. The van der Waals surface area contributed by atoms with Crippen molar-refractivity contribution in [2.24, 2.45) is 0 Å². The molecule has 0 unspecified atom stereocenters. The first-order valence-corrected chi connectivity index (χ1v) is 10.7. The highest BCUT2D eigenvalue weighted by molar-refractivity contribution is 5.51. The van der Waals surface area contributed by atoms with E-state index < -0.39 is 0 Å². The number of fused-ring (bicyclic) bond motifs is 1. The molecule has 2 rings (SSSR count). The molecule has 0 heterocycles. The van der Waals surface area contributed by atoms with E-state index in [0.29, 0.717) is 0 Å². The van der Waals surface area contributed by atoms with E-state index in [1.807, 2.05) is 134 Å². The van der Waals surface area contributed by atoms with Gasteiger partial charge < -0.3 is 0 Å². The largest absolute Gasteiger partial charge is 0.0623 e. The molecular weight excluding hydrogens is 384 g/mol. The average molecular weight is 415 g/mol. The Morgan fingerprint density at radius 3 is 0.625 bits per heavy atom. The van der Waals surface area contributed by atoms with Crippen molar-refractivity contribution in [2.75, 3.05) is 0 Å². The van der Waals surface area contributed by atoms with Gasteiger partial charge in [-0.05, 0) is 11.1 Å². The molecule has 2 aliphatic rings. The molecule has 0 aromatic carbocycles. The summed E-state index contributed by atoms with van der Waals surface area (Å²) >= 11 is 0. The van der Waals surface area contributed by atoms with E-state index in [9.17, 15) is 0 Å². The SMILES string of the molecule is C1=CC=CC=CC=CC2=CC=CC=CC=CC=CC=CC=CC=CC2=CC=CC=CC=C1. The highest BCUT2D eigenvalue weighted by Crippen LogP contribution is 2.15. The lowest BCUT2D eigenvalue weighted by atomic mass is 10.0. The second kappa shape index (κ2) is 17.7. The third-order valence-corrected chi connectivity index (χ3v) is 4.10. The molecular formula is C32H30. The molecule has 0 atom stereocenters. The van der Waals surface area contributed by atoms with E-state index in [-0.39, 0.29) is 0 Å². The molecule has 0 N–H and O–H groups in total. The van der Waals surface area contributed by atoms with Crippen molar-refractivity contribution in [2.45, 2.75) is 0 Å². The summed E-state index contributed by atoms with van der Waals surface area (Å²) in [6.07, 6.45) is 61.1. The summed E-state index contributed by atoms with van der Waals surface area (Å²) in [7, 11) is 0. The summed E-state index contributed by atoms with van der Waals surface area (Å²) in [6.45, 7) is 0. The maximum absolute atomic E-state index is 2.12. The van der Waals surface area contributed by atoms with Crippen molar-refractivity contribution < 1.29 is 0 Å². The van der Waals surface area contributed by atoms with Gasteiger partial charge in [-0.15, -0.1) is 0 Å². The fourth-order valence-electron chi connectivity index (χ4n) is 2.54. The van der Waals surface area contributed by atoms with Gasteiger partial charge in [-0.3, -0.25) is 0 Å². The van der Waals surface area contributed by atoms with Crippen molar-refractivity contribution in [3.05, 3.63) is 193 Å². The van der Waals surface area contributed by atoms with Crippen molar-refractivity contribution in [3.8, 4) is 0 Å². The standard InChI is InChI=1S/C32H30/c1-3-7-11-15-19-23-27-31-29-25-21-17-13-9-5-2-6-10-14-18-22-26-30-32(31)28-24-20-16-12-8-4-1/h1-30H. The number of hydrogen-bond acceptors (Lipinski definition) is 0. The fourth-order valence-corrected chi connectivity index (χ4v) is 2.54. The Hall–Kier alpha value is -4.16. The Balaban J connectivity index is 2.44. The van der Waals surface area contributed by atoms with E-state index >= 15 is 0 Å². The molecule has 0 aromatic heterocycles. The molecule has 0 bridgehead atoms. The number of rotatable bonds is 0. The van der Waals surface area contributed by atoms with Crippen LogP contribution < -0.4 is 0 Å². The van der Waals surface area contributed by atoms with Crippen LogP contribution in [0.4, 0.5) is 0 Å². The van der Waals surface area contributed by atoms with Gasteiger partial charge in [0.25, 0.3) is 0 Å². The molecule has 158 valence electrons. The summed E-state index contributed by atoms with van der Waals surface area (Å²) in [5.41, 5.74) is 2.23. The predicted molar refractivity (Wildman–Crippen MR) is 144 cm³/mol. The van der Waals surface area contributed by atoms with Crippen LogP contribution in [0.25, 0.3) is 0 Å². The molecule has 0 nitrogen and oxygen atoms in total. The van der Waals surface area contributed by atoms with Crippen molar-refractivity contribution in [1.29, 1.82) is 0 Å². The molecule has 0 heteroatoms. The van der Waals surface area contributed by atoms with Crippen LogP contribution in [0.3, 0.4) is 0 Å². The Kier molecular flexibility index (Phi) is 13.3. The zero-order valence-corrected chi connectivity index (χ0v) is 18.3. The van der Waals surface area contributed by atoms with Gasteiger partial charge in [0.2, 0.25) is 0 Å². The first-order chi connectivity index (χ1) is 16.0. The van der Waals surface area contributed by atoms with E-state index in [0.717, 1.165) is 11.1 Å². The summed E-state index contributed by atoms with van der Waals surface area (Å²) in [4.78, 5) is 0. The molecule has 0 spiro atoms. The first kappa shape index (κ1) is 24.1. The minimum absolute atomic E-state index is 1.11. The number of hydrogen-bond donors (Lipinski definition) is 0. The predicted octanol–water partition coefficient (Wildman–Crippen LogP) is 8.65. The van der Waals surface area contributed by atoms with Crippen LogP contribution in [-0.2, 0) is 0 Å². The second-order valence-corrected chi connectivity index (χ2v) is 6.58. The Morgan fingerprint density at radius 2 is 0.375 bits per heavy atom. The smallest absolute Gasteiger partial charge is 0.0184 e. The average Bonchev–Trinajstić information content (AvgIpc) is 2.81. The highest BCUT2D eigenvalue weighted by atomic mass is 14.0. The molecule has 32 heavy (non-hydrogen) atoms. The molecule has 0 saturated heterocycles. The summed E-state index contributed by atoms with van der Waals surface area (Å²) in [5, 5.41) is 0. The van der Waals surface area contributed by atoms with Gasteiger partial charge in [0.15, 0.2) is 0 Å². The second-order valence-electron chi connectivity index (χ2n) is 6.58. The Bertz CT molecular complexity index is 951. The van der Waals surface area contributed by atoms with E-state index in [1.54, 1.807) is 0 Å². The van der Waals surface area contributed by atoms with Gasteiger partial charge in [0.1, 0.15) is 0 Å².